The van der Waals surface area contributed by atoms with Gasteiger partial charge in [-0.3, -0.25) is 0 Å². The lowest BCUT2D eigenvalue weighted by Gasteiger charge is -2.01. The van der Waals surface area contributed by atoms with Gasteiger partial charge in [-0.1, -0.05) is 23.2 Å². The third kappa shape index (κ3) is 2.12. The standard InChI is InChI=1S/C9H4Cl2N2/c10-8-4-9(11)7(5-13)3-6(8)1-2-12/h3-4H,1H2. The van der Waals surface area contributed by atoms with E-state index in [2.05, 4.69) is 0 Å². The van der Waals surface area contributed by atoms with Crippen molar-refractivity contribution in [3.63, 3.8) is 0 Å². The average molecular weight is 211 g/mol. The Hall–Kier alpha value is -1.22. The highest BCUT2D eigenvalue weighted by molar-refractivity contribution is 6.35. The molecule has 4 heteroatoms. The summed E-state index contributed by atoms with van der Waals surface area (Å²) in [4.78, 5) is 0. The van der Waals surface area contributed by atoms with Gasteiger partial charge in [0, 0.05) is 5.02 Å². The molecule has 0 bridgehead atoms. The van der Waals surface area contributed by atoms with E-state index < -0.39 is 0 Å². The summed E-state index contributed by atoms with van der Waals surface area (Å²) < 4.78 is 0. The summed E-state index contributed by atoms with van der Waals surface area (Å²) in [6.45, 7) is 0. The van der Waals surface area contributed by atoms with E-state index in [1.54, 1.807) is 0 Å². The highest BCUT2D eigenvalue weighted by atomic mass is 35.5. The minimum absolute atomic E-state index is 0.185. The number of halogens is 2. The monoisotopic (exact) mass is 210 g/mol. The van der Waals surface area contributed by atoms with Gasteiger partial charge in [-0.05, 0) is 17.7 Å². The first-order valence-corrected chi connectivity index (χ1v) is 4.19. The van der Waals surface area contributed by atoms with Crippen LogP contribution in [0.5, 0.6) is 0 Å². The van der Waals surface area contributed by atoms with Crippen LogP contribution in [0, 0.1) is 22.7 Å². The molecule has 0 amide bonds. The summed E-state index contributed by atoms with van der Waals surface area (Å²) in [6, 6.07) is 6.90. The summed E-state index contributed by atoms with van der Waals surface area (Å²) in [5.74, 6) is 0. The summed E-state index contributed by atoms with van der Waals surface area (Å²) in [7, 11) is 0. The molecule has 0 atom stereocenters. The van der Waals surface area contributed by atoms with Crippen LogP contribution < -0.4 is 0 Å². The van der Waals surface area contributed by atoms with Crippen molar-refractivity contribution in [1.82, 2.24) is 0 Å². The Labute approximate surface area is 85.9 Å². The number of hydrogen-bond acceptors (Lipinski definition) is 2. The molecule has 0 N–H and O–H groups in total. The fourth-order valence-electron chi connectivity index (χ4n) is 0.900. The molecule has 0 spiro atoms. The third-order valence-corrected chi connectivity index (χ3v) is 2.19. The second-order valence-electron chi connectivity index (χ2n) is 2.37. The van der Waals surface area contributed by atoms with Gasteiger partial charge in [0.1, 0.15) is 6.07 Å². The van der Waals surface area contributed by atoms with E-state index in [-0.39, 0.29) is 6.42 Å². The Morgan fingerprint density at radius 3 is 2.38 bits per heavy atom. The minimum Gasteiger partial charge on any atom is -0.198 e. The molecule has 2 nitrogen and oxygen atoms in total. The molecule has 1 aromatic rings. The SMILES string of the molecule is N#CCc1cc(C#N)c(Cl)cc1Cl. The Kier molecular flexibility index (Phi) is 3.14. The zero-order valence-corrected chi connectivity index (χ0v) is 8.02. The van der Waals surface area contributed by atoms with Gasteiger partial charge in [-0.25, -0.2) is 0 Å². The lowest BCUT2D eigenvalue weighted by Crippen LogP contribution is -1.87. The smallest absolute Gasteiger partial charge is 0.101 e. The van der Waals surface area contributed by atoms with Crippen LogP contribution in [0.2, 0.25) is 10.0 Å². The molecule has 0 saturated heterocycles. The molecule has 13 heavy (non-hydrogen) atoms. The molecule has 0 heterocycles. The van der Waals surface area contributed by atoms with Gasteiger partial charge in [0.05, 0.1) is 23.1 Å². The van der Waals surface area contributed by atoms with Crippen LogP contribution in [0.1, 0.15) is 11.1 Å². The number of rotatable bonds is 1. The van der Waals surface area contributed by atoms with Crippen molar-refractivity contribution >= 4 is 23.2 Å². The van der Waals surface area contributed by atoms with Crippen LogP contribution in [-0.4, -0.2) is 0 Å². The largest absolute Gasteiger partial charge is 0.198 e. The fraction of sp³-hybridized carbons (Fsp3) is 0.111. The topological polar surface area (TPSA) is 47.6 Å². The van der Waals surface area contributed by atoms with Gasteiger partial charge in [0.15, 0.2) is 0 Å². The predicted octanol–water partition coefficient (Wildman–Crippen LogP) is 2.93. The normalized spacial score (nSPS) is 8.92. The highest BCUT2D eigenvalue weighted by Crippen LogP contribution is 2.25. The number of nitriles is 2. The van der Waals surface area contributed by atoms with Crippen molar-refractivity contribution in [2.45, 2.75) is 6.42 Å². The molecule has 0 fully saturated rings. The molecule has 1 rings (SSSR count). The molecule has 0 aliphatic carbocycles. The quantitative estimate of drug-likeness (QED) is 0.716. The molecule has 1 aromatic carbocycles. The van der Waals surface area contributed by atoms with Crippen molar-refractivity contribution in [3.05, 3.63) is 33.3 Å². The molecule has 64 valence electrons. The lowest BCUT2D eigenvalue weighted by atomic mass is 10.1. The van der Waals surface area contributed by atoms with Crippen LogP contribution in [0.3, 0.4) is 0 Å². The fourth-order valence-corrected chi connectivity index (χ4v) is 1.39. The first-order valence-electron chi connectivity index (χ1n) is 3.44. The van der Waals surface area contributed by atoms with Crippen LogP contribution in [0.4, 0.5) is 0 Å². The molecule has 0 aliphatic heterocycles. The van der Waals surface area contributed by atoms with Gasteiger partial charge < -0.3 is 0 Å². The van der Waals surface area contributed by atoms with Gasteiger partial charge in [-0.2, -0.15) is 10.5 Å². The molecule has 0 unspecified atom stereocenters. The first-order chi connectivity index (χ1) is 6.19. The zero-order chi connectivity index (χ0) is 9.84. The minimum atomic E-state index is 0.185. The second kappa shape index (κ2) is 4.14. The molecular formula is C9H4Cl2N2. The van der Waals surface area contributed by atoms with E-state index >= 15 is 0 Å². The van der Waals surface area contributed by atoms with Gasteiger partial charge >= 0.3 is 0 Å². The number of hydrogen-bond donors (Lipinski definition) is 0. The zero-order valence-electron chi connectivity index (χ0n) is 6.51. The van der Waals surface area contributed by atoms with Gasteiger partial charge in [-0.15, -0.1) is 0 Å². The summed E-state index contributed by atoms with van der Waals surface area (Å²) >= 11 is 11.5. The second-order valence-corrected chi connectivity index (χ2v) is 3.18. The van der Waals surface area contributed by atoms with Gasteiger partial charge in [0.2, 0.25) is 0 Å². The highest BCUT2D eigenvalue weighted by Gasteiger charge is 2.06. The molecular weight excluding hydrogens is 207 g/mol. The van der Waals surface area contributed by atoms with Crippen molar-refractivity contribution < 1.29 is 0 Å². The lowest BCUT2D eigenvalue weighted by molar-refractivity contribution is 1.26. The van der Waals surface area contributed by atoms with Crippen molar-refractivity contribution in [3.8, 4) is 12.1 Å². The Morgan fingerprint density at radius 1 is 1.15 bits per heavy atom. The van der Waals surface area contributed by atoms with E-state index in [9.17, 15) is 0 Å². The summed E-state index contributed by atoms with van der Waals surface area (Å²) in [5, 5.41) is 17.8. The Balaban J connectivity index is 3.26. The van der Waals surface area contributed by atoms with E-state index in [4.69, 9.17) is 33.7 Å². The Morgan fingerprint density at radius 2 is 1.85 bits per heavy atom. The maximum atomic E-state index is 8.64. The molecule has 0 aromatic heterocycles. The number of nitrogens with zero attached hydrogens (tertiary/aromatic N) is 2. The maximum Gasteiger partial charge on any atom is 0.101 e. The third-order valence-electron chi connectivity index (χ3n) is 1.53. The molecule has 0 saturated carbocycles. The summed E-state index contributed by atoms with van der Waals surface area (Å²) in [6.07, 6.45) is 0.185. The van der Waals surface area contributed by atoms with E-state index in [1.165, 1.54) is 12.1 Å². The predicted molar refractivity (Wildman–Crippen MR) is 50.5 cm³/mol. The van der Waals surface area contributed by atoms with Crippen LogP contribution in [0.15, 0.2) is 12.1 Å². The average Bonchev–Trinajstić information content (AvgIpc) is 2.10. The molecule has 0 radical (unpaired) electrons. The van der Waals surface area contributed by atoms with E-state index in [1.807, 2.05) is 12.1 Å². The maximum absolute atomic E-state index is 8.64. The van der Waals surface area contributed by atoms with Crippen molar-refractivity contribution in [1.29, 1.82) is 10.5 Å². The molecule has 0 aliphatic rings. The van der Waals surface area contributed by atoms with Crippen LogP contribution in [-0.2, 0) is 6.42 Å². The van der Waals surface area contributed by atoms with E-state index in [0.29, 0.717) is 21.2 Å². The van der Waals surface area contributed by atoms with Crippen molar-refractivity contribution in [2.24, 2.45) is 0 Å². The summed E-state index contributed by atoms with van der Waals surface area (Å²) in [5.41, 5.74) is 0.974. The number of benzene rings is 1. The Bertz CT molecular complexity index is 413. The van der Waals surface area contributed by atoms with Crippen LogP contribution in [0.25, 0.3) is 0 Å². The van der Waals surface area contributed by atoms with Crippen molar-refractivity contribution in [2.75, 3.05) is 0 Å². The first kappa shape index (κ1) is 9.86. The van der Waals surface area contributed by atoms with Crippen LogP contribution >= 0.6 is 23.2 Å². The van der Waals surface area contributed by atoms with E-state index in [0.717, 1.165) is 0 Å². The van der Waals surface area contributed by atoms with Gasteiger partial charge in [0.25, 0.3) is 0 Å².